The minimum absolute atomic E-state index is 0.0108. The van der Waals surface area contributed by atoms with Gasteiger partial charge in [-0.2, -0.15) is 0 Å². The second-order valence-electron chi connectivity index (χ2n) is 6.57. The zero-order chi connectivity index (χ0) is 18.5. The molecule has 0 aliphatic carbocycles. The first kappa shape index (κ1) is 18.1. The summed E-state index contributed by atoms with van der Waals surface area (Å²) in [5.41, 5.74) is 4.22. The summed E-state index contributed by atoms with van der Waals surface area (Å²) in [6.45, 7) is 7.00. The van der Waals surface area contributed by atoms with E-state index in [9.17, 15) is 9.59 Å². The molecule has 0 saturated carbocycles. The van der Waals surface area contributed by atoms with Gasteiger partial charge in [0.15, 0.2) is 5.78 Å². The van der Waals surface area contributed by atoms with Crippen molar-refractivity contribution < 1.29 is 14.3 Å². The Bertz CT molecular complexity index is 793. The maximum Gasteiger partial charge on any atom is 0.251 e. The molecule has 1 N–H and O–H groups in total. The van der Waals surface area contributed by atoms with Crippen LogP contribution < -0.4 is 10.2 Å². The number of rotatable bonds is 5. The van der Waals surface area contributed by atoms with E-state index in [-0.39, 0.29) is 18.2 Å². The first-order chi connectivity index (χ1) is 12.5. The van der Waals surface area contributed by atoms with Gasteiger partial charge < -0.3 is 15.0 Å². The number of hydrogen-bond donors (Lipinski definition) is 1. The van der Waals surface area contributed by atoms with Crippen LogP contribution >= 0.6 is 0 Å². The number of benzene rings is 2. The van der Waals surface area contributed by atoms with E-state index in [0.717, 1.165) is 43.1 Å². The Morgan fingerprint density at radius 2 is 1.73 bits per heavy atom. The van der Waals surface area contributed by atoms with Gasteiger partial charge in [-0.25, -0.2) is 0 Å². The van der Waals surface area contributed by atoms with Crippen molar-refractivity contribution in [1.29, 1.82) is 0 Å². The SMILES string of the molecule is Cc1ccc(C)c(C(=O)NCC(=O)c2ccc(N3CCOCC3)cc2)c1. The van der Waals surface area contributed by atoms with E-state index in [4.69, 9.17) is 4.74 Å². The molecule has 1 saturated heterocycles. The van der Waals surface area contributed by atoms with Crippen molar-refractivity contribution in [3.63, 3.8) is 0 Å². The van der Waals surface area contributed by atoms with Crippen molar-refractivity contribution in [2.24, 2.45) is 0 Å². The Labute approximate surface area is 154 Å². The van der Waals surface area contributed by atoms with Crippen molar-refractivity contribution in [2.75, 3.05) is 37.7 Å². The van der Waals surface area contributed by atoms with Gasteiger partial charge in [-0.1, -0.05) is 17.7 Å². The van der Waals surface area contributed by atoms with E-state index in [1.807, 2.05) is 56.3 Å². The number of morpholine rings is 1. The maximum atomic E-state index is 12.4. The van der Waals surface area contributed by atoms with E-state index in [0.29, 0.717) is 11.1 Å². The van der Waals surface area contributed by atoms with Gasteiger partial charge in [0, 0.05) is 29.9 Å². The highest BCUT2D eigenvalue weighted by Gasteiger charge is 2.14. The molecule has 1 amide bonds. The van der Waals surface area contributed by atoms with E-state index in [1.165, 1.54) is 0 Å². The van der Waals surface area contributed by atoms with Gasteiger partial charge in [-0.3, -0.25) is 9.59 Å². The summed E-state index contributed by atoms with van der Waals surface area (Å²) in [7, 11) is 0. The number of anilines is 1. The summed E-state index contributed by atoms with van der Waals surface area (Å²) in [4.78, 5) is 26.9. The smallest absolute Gasteiger partial charge is 0.251 e. The summed E-state index contributed by atoms with van der Waals surface area (Å²) < 4.78 is 5.35. The highest BCUT2D eigenvalue weighted by Crippen LogP contribution is 2.17. The van der Waals surface area contributed by atoms with Crippen molar-refractivity contribution in [3.05, 3.63) is 64.7 Å². The third-order valence-corrected chi connectivity index (χ3v) is 4.61. The fourth-order valence-electron chi connectivity index (χ4n) is 3.02. The Balaban J connectivity index is 1.59. The number of hydrogen-bond acceptors (Lipinski definition) is 4. The fourth-order valence-corrected chi connectivity index (χ4v) is 3.02. The molecule has 0 unspecified atom stereocenters. The number of carbonyl (C=O) groups excluding carboxylic acids is 2. The second kappa shape index (κ2) is 8.15. The standard InChI is InChI=1S/C21H24N2O3/c1-15-3-4-16(2)19(13-15)21(25)22-14-20(24)17-5-7-18(8-6-17)23-9-11-26-12-10-23/h3-8,13H,9-12,14H2,1-2H3,(H,22,25). The molecule has 0 spiro atoms. The molecule has 0 atom stereocenters. The molecule has 0 bridgehead atoms. The number of aryl methyl sites for hydroxylation is 2. The van der Waals surface area contributed by atoms with E-state index in [2.05, 4.69) is 10.2 Å². The van der Waals surface area contributed by atoms with Crippen LogP contribution in [0.25, 0.3) is 0 Å². The van der Waals surface area contributed by atoms with Crippen molar-refractivity contribution in [2.45, 2.75) is 13.8 Å². The van der Waals surface area contributed by atoms with Crippen LogP contribution in [-0.4, -0.2) is 44.5 Å². The van der Waals surface area contributed by atoms with Crippen LogP contribution in [0.4, 0.5) is 5.69 Å². The van der Waals surface area contributed by atoms with Crippen LogP contribution in [0.15, 0.2) is 42.5 Å². The number of Topliss-reactive ketones (excluding diaryl/α,β-unsaturated/α-hetero) is 1. The van der Waals surface area contributed by atoms with Gasteiger partial charge in [-0.05, 0) is 49.7 Å². The van der Waals surface area contributed by atoms with E-state index >= 15 is 0 Å². The summed E-state index contributed by atoms with van der Waals surface area (Å²) in [6, 6.07) is 13.3. The van der Waals surface area contributed by atoms with Crippen LogP contribution in [0.1, 0.15) is 31.8 Å². The number of carbonyl (C=O) groups is 2. The maximum absolute atomic E-state index is 12.4. The quantitative estimate of drug-likeness (QED) is 0.841. The van der Waals surface area contributed by atoms with Gasteiger partial charge >= 0.3 is 0 Å². The molecule has 1 fully saturated rings. The normalized spacial score (nSPS) is 14.2. The lowest BCUT2D eigenvalue weighted by molar-refractivity contribution is 0.0903. The molecule has 0 aromatic heterocycles. The molecule has 2 aromatic rings. The first-order valence-corrected chi connectivity index (χ1v) is 8.86. The van der Waals surface area contributed by atoms with Crippen LogP contribution in [0.2, 0.25) is 0 Å². The average Bonchev–Trinajstić information content (AvgIpc) is 2.68. The molecule has 1 heterocycles. The number of ether oxygens (including phenoxy) is 1. The summed E-state index contributed by atoms with van der Waals surface area (Å²) >= 11 is 0. The Morgan fingerprint density at radius 3 is 2.42 bits per heavy atom. The lowest BCUT2D eigenvalue weighted by Crippen LogP contribution is -2.36. The number of amides is 1. The minimum atomic E-state index is -0.218. The molecule has 1 aliphatic heterocycles. The van der Waals surface area contributed by atoms with Gasteiger partial charge in [0.2, 0.25) is 0 Å². The molecule has 136 valence electrons. The molecular formula is C21H24N2O3. The predicted octanol–water partition coefficient (Wildman–Crippen LogP) is 2.75. The topological polar surface area (TPSA) is 58.6 Å². The Hall–Kier alpha value is -2.66. The van der Waals surface area contributed by atoms with Gasteiger partial charge in [-0.15, -0.1) is 0 Å². The number of nitrogens with zero attached hydrogens (tertiary/aromatic N) is 1. The van der Waals surface area contributed by atoms with Gasteiger partial charge in [0.25, 0.3) is 5.91 Å². The molecule has 5 nitrogen and oxygen atoms in total. The number of ketones is 1. The second-order valence-corrected chi connectivity index (χ2v) is 6.57. The third kappa shape index (κ3) is 4.29. The lowest BCUT2D eigenvalue weighted by atomic mass is 10.0. The molecule has 26 heavy (non-hydrogen) atoms. The molecule has 1 aliphatic rings. The van der Waals surface area contributed by atoms with Crippen molar-refractivity contribution in [1.82, 2.24) is 5.32 Å². The largest absolute Gasteiger partial charge is 0.378 e. The average molecular weight is 352 g/mol. The van der Waals surface area contributed by atoms with E-state index in [1.54, 1.807) is 0 Å². The van der Waals surface area contributed by atoms with Gasteiger partial charge in [0.05, 0.1) is 19.8 Å². The number of nitrogens with one attached hydrogen (secondary N) is 1. The zero-order valence-corrected chi connectivity index (χ0v) is 15.2. The van der Waals surface area contributed by atoms with Crippen LogP contribution in [0.5, 0.6) is 0 Å². The Kier molecular flexibility index (Phi) is 5.68. The highest BCUT2D eigenvalue weighted by atomic mass is 16.5. The highest BCUT2D eigenvalue weighted by molar-refractivity contribution is 6.02. The first-order valence-electron chi connectivity index (χ1n) is 8.86. The monoisotopic (exact) mass is 352 g/mol. The van der Waals surface area contributed by atoms with Crippen molar-refractivity contribution >= 4 is 17.4 Å². The van der Waals surface area contributed by atoms with Crippen LogP contribution in [0, 0.1) is 13.8 Å². The molecule has 0 radical (unpaired) electrons. The third-order valence-electron chi connectivity index (χ3n) is 4.61. The van der Waals surface area contributed by atoms with Gasteiger partial charge in [0.1, 0.15) is 0 Å². The van der Waals surface area contributed by atoms with Crippen molar-refractivity contribution in [3.8, 4) is 0 Å². The lowest BCUT2D eigenvalue weighted by Gasteiger charge is -2.28. The molecule has 3 rings (SSSR count). The molecule has 2 aromatic carbocycles. The van der Waals surface area contributed by atoms with Crippen LogP contribution in [-0.2, 0) is 4.74 Å². The fraction of sp³-hybridized carbons (Fsp3) is 0.333. The minimum Gasteiger partial charge on any atom is -0.378 e. The summed E-state index contributed by atoms with van der Waals surface area (Å²) in [5.74, 6) is -0.318. The molecular weight excluding hydrogens is 328 g/mol. The predicted molar refractivity (Wildman–Crippen MR) is 102 cm³/mol. The van der Waals surface area contributed by atoms with Crippen LogP contribution in [0.3, 0.4) is 0 Å². The Morgan fingerprint density at radius 1 is 1.04 bits per heavy atom. The summed E-state index contributed by atoms with van der Waals surface area (Å²) in [6.07, 6.45) is 0. The van der Waals surface area contributed by atoms with E-state index < -0.39 is 0 Å². The zero-order valence-electron chi connectivity index (χ0n) is 15.2. The molecule has 5 heteroatoms. The summed E-state index contributed by atoms with van der Waals surface area (Å²) in [5, 5.41) is 2.73.